The molecule has 0 aliphatic heterocycles. The number of nitro benzene ring substituents is 2. The average Bonchev–Trinajstić information content (AvgIpc) is 2.36. The maximum absolute atomic E-state index is 11.1. The molecule has 1 aromatic rings. The van der Waals surface area contributed by atoms with E-state index in [-0.39, 0.29) is 11.6 Å². The lowest BCUT2D eigenvalue weighted by Gasteiger charge is -2.07. The summed E-state index contributed by atoms with van der Waals surface area (Å²) in [5, 5.41) is 21.5. The first kappa shape index (κ1) is 15.6. The topological polar surface area (TPSA) is 122 Å². The number of benzene rings is 1. The smallest absolute Gasteiger partial charge is 0.344 e. The monoisotopic (exact) mass is 304 g/mol. The number of rotatable bonds is 6. The van der Waals surface area contributed by atoms with Crippen molar-refractivity contribution in [3.05, 3.63) is 37.4 Å². The number of halogens is 1. The van der Waals surface area contributed by atoms with Gasteiger partial charge in [0.15, 0.2) is 6.61 Å². The molecule has 0 unspecified atom stereocenters. The normalized spacial score (nSPS) is 9.90. The molecule has 10 heteroatoms. The van der Waals surface area contributed by atoms with Crippen LogP contribution >= 0.6 is 11.6 Å². The molecule has 0 aromatic heterocycles. The number of hydrogen-bond donors (Lipinski definition) is 0. The third-order valence-corrected chi connectivity index (χ3v) is 2.27. The van der Waals surface area contributed by atoms with Gasteiger partial charge >= 0.3 is 17.3 Å². The second kappa shape index (κ2) is 6.66. The summed E-state index contributed by atoms with van der Waals surface area (Å²) in [6.07, 6.45) is 0. The molecule has 20 heavy (non-hydrogen) atoms. The van der Waals surface area contributed by atoms with Crippen molar-refractivity contribution < 1.29 is 24.1 Å². The third kappa shape index (κ3) is 3.79. The fourth-order valence-electron chi connectivity index (χ4n) is 1.32. The lowest BCUT2D eigenvalue weighted by atomic mass is 10.2. The summed E-state index contributed by atoms with van der Waals surface area (Å²) in [5.74, 6) is -1.44. The van der Waals surface area contributed by atoms with Crippen molar-refractivity contribution in [2.75, 3.05) is 13.2 Å². The van der Waals surface area contributed by atoms with Crippen LogP contribution in [0, 0.1) is 20.2 Å². The molecule has 0 aliphatic carbocycles. The van der Waals surface area contributed by atoms with Crippen LogP contribution in [-0.2, 0) is 9.53 Å². The van der Waals surface area contributed by atoms with E-state index in [1.807, 2.05) is 0 Å². The fourth-order valence-corrected chi connectivity index (χ4v) is 1.52. The van der Waals surface area contributed by atoms with Gasteiger partial charge in [-0.2, -0.15) is 0 Å². The zero-order chi connectivity index (χ0) is 15.3. The summed E-state index contributed by atoms with van der Waals surface area (Å²) in [4.78, 5) is 31.0. The molecule has 0 heterocycles. The van der Waals surface area contributed by atoms with E-state index in [4.69, 9.17) is 16.3 Å². The van der Waals surface area contributed by atoms with Gasteiger partial charge in [0.25, 0.3) is 5.75 Å². The second-order valence-electron chi connectivity index (χ2n) is 3.38. The second-order valence-corrected chi connectivity index (χ2v) is 3.82. The number of hydrogen-bond acceptors (Lipinski definition) is 7. The van der Waals surface area contributed by atoms with E-state index in [0.29, 0.717) is 0 Å². The van der Waals surface area contributed by atoms with E-state index in [1.54, 1.807) is 6.92 Å². The molecular weight excluding hydrogens is 296 g/mol. The van der Waals surface area contributed by atoms with Crippen molar-refractivity contribution in [3.63, 3.8) is 0 Å². The van der Waals surface area contributed by atoms with E-state index >= 15 is 0 Å². The van der Waals surface area contributed by atoms with Crippen molar-refractivity contribution in [3.8, 4) is 5.75 Å². The Labute approximate surface area is 117 Å². The van der Waals surface area contributed by atoms with Crippen molar-refractivity contribution in [1.82, 2.24) is 0 Å². The molecule has 0 saturated heterocycles. The largest absolute Gasteiger partial charge is 0.470 e. The van der Waals surface area contributed by atoms with Crippen LogP contribution < -0.4 is 4.74 Å². The highest BCUT2D eigenvalue weighted by molar-refractivity contribution is 6.31. The summed E-state index contributed by atoms with van der Waals surface area (Å²) in [5.41, 5.74) is -1.40. The summed E-state index contributed by atoms with van der Waals surface area (Å²) in [6.45, 7) is 0.968. The molecule has 0 saturated carbocycles. The standard InChI is InChI=1S/C10H9ClN2O7/c1-2-19-9(14)5-20-10-7(12(15)16)3-6(11)4-8(10)13(17)18/h3-4H,2,5H2,1H3. The first-order valence-corrected chi connectivity index (χ1v) is 5.65. The summed E-state index contributed by atoms with van der Waals surface area (Å²) >= 11 is 5.57. The number of carbonyl (C=O) groups is 1. The van der Waals surface area contributed by atoms with Gasteiger partial charge in [0.2, 0.25) is 0 Å². The van der Waals surface area contributed by atoms with Crippen LogP contribution in [0.25, 0.3) is 0 Å². The quantitative estimate of drug-likeness (QED) is 0.448. The lowest BCUT2D eigenvalue weighted by molar-refractivity contribution is -0.396. The Kier molecular flexibility index (Phi) is 5.21. The van der Waals surface area contributed by atoms with Crippen molar-refractivity contribution in [2.24, 2.45) is 0 Å². The first-order chi connectivity index (χ1) is 9.36. The van der Waals surface area contributed by atoms with Gasteiger partial charge in [0, 0.05) is 12.1 Å². The molecule has 1 rings (SSSR count). The summed E-state index contributed by atoms with van der Waals surface area (Å²) in [6, 6.07) is 1.80. The number of nitro groups is 2. The van der Waals surface area contributed by atoms with Gasteiger partial charge in [-0.05, 0) is 6.92 Å². The van der Waals surface area contributed by atoms with Crippen LogP contribution in [0.1, 0.15) is 6.92 Å². The minimum absolute atomic E-state index is 0.0903. The summed E-state index contributed by atoms with van der Waals surface area (Å²) < 4.78 is 9.40. The van der Waals surface area contributed by atoms with E-state index in [1.165, 1.54) is 0 Å². The molecule has 0 aliphatic rings. The third-order valence-electron chi connectivity index (χ3n) is 2.05. The van der Waals surface area contributed by atoms with E-state index in [2.05, 4.69) is 4.74 Å². The van der Waals surface area contributed by atoms with Gasteiger partial charge < -0.3 is 9.47 Å². The van der Waals surface area contributed by atoms with E-state index in [0.717, 1.165) is 12.1 Å². The first-order valence-electron chi connectivity index (χ1n) is 5.27. The Morgan fingerprint density at radius 1 is 1.25 bits per heavy atom. The van der Waals surface area contributed by atoms with Crippen LogP contribution in [0.15, 0.2) is 12.1 Å². The van der Waals surface area contributed by atoms with E-state index < -0.39 is 39.5 Å². The minimum atomic E-state index is -0.890. The van der Waals surface area contributed by atoms with Gasteiger partial charge in [-0.3, -0.25) is 20.2 Å². The maximum atomic E-state index is 11.1. The molecule has 0 N–H and O–H groups in total. The van der Waals surface area contributed by atoms with Crippen LogP contribution in [0.4, 0.5) is 11.4 Å². The van der Waals surface area contributed by atoms with Gasteiger partial charge in [0.05, 0.1) is 21.5 Å². The SMILES string of the molecule is CCOC(=O)COc1c([N+](=O)[O-])cc(Cl)cc1[N+](=O)[O-]. The predicted molar refractivity (Wildman–Crippen MR) is 66.9 cm³/mol. The van der Waals surface area contributed by atoms with Crippen molar-refractivity contribution >= 4 is 28.9 Å². The molecule has 0 spiro atoms. The average molecular weight is 305 g/mol. The van der Waals surface area contributed by atoms with Crippen LogP contribution in [-0.4, -0.2) is 29.0 Å². The van der Waals surface area contributed by atoms with Gasteiger partial charge in [-0.1, -0.05) is 11.6 Å². The Morgan fingerprint density at radius 2 is 1.75 bits per heavy atom. The van der Waals surface area contributed by atoms with Gasteiger partial charge in [-0.25, -0.2) is 4.79 Å². The Hall–Kier alpha value is -2.42. The number of esters is 1. The molecule has 0 bridgehead atoms. The van der Waals surface area contributed by atoms with Crippen LogP contribution in [0.5, 0.6) is 5.75 Å². The van der Waals surface area contributed by atoms with E-state index in [9.17, 15) is 25.0 Å². The predicted octanol–water partition coefficient (Wildman–Crippen LogP) is 2.10. The molecule has 1 aromatic carbocycles. The molecule has 0 atom stereocenters. The Balaban J connectivity index is 3.16. The molecular formula is C10H9ClN2O7. The number of nitrogens with zero attached hydrogens (tertiary/aromatic N) is 2. The fraction of sp³-hybridized carbons (Fsp3) is 0.300. The number of carbonyl (C=O) groups excluding carboxylic acids is 1. The minimum Gasteiger partial charge on any atom is -0.470 e. The highest BCUT2D eigenvalue weighted by Gasteiger charge is 2.29. The molecule has 9 nitrogen and oxygen atoms in total. The van der Waals surface area contributed by atoms with Gasteiger partial charge in [0.1, 0.15) is 0 Å². The number of ether oxygens (including phenoxy) is 2. The zero-order valence-electron chi connectivity index (χ0n) is 10.2. The molecule has 0 amide bonds. The highest BCUT2D eigenvalue weighted by Crippen LogP contribution is 2.39. The molecule has 0 radical (unpaired) electrons. The molecule has 108 valence electrons. The lowest BCUT2D eigenvalue weighted by Crippen LogP contribution is -2.15. The zero-order valence-corrected chi connectivity index (χ0v) is 11.0. The van der Waals surface area contributed by atoms with Crippen LogP contribution in [0.3, 0.4) is 0 Å². The highest BCUT2D eigenvalue weighted by atomic mass is 35.5. The van der Waals surface area contributed by atoms with Crippen molar-refractivity contribution in [2.45, 2.75) is 6.92 Å². The summed E-state index contributed by atoms with van der Waals surface area (Å²) in [7, 11) is 0. The van der Waals surface area contributed by atoms with Crippen LogP contribution in [0.2, 0.25) is 5.02 Å². The Bertz CT molecular complexity index is 526. The Morgan fingerprint density at radius 3 is 2.15 bits per heavy atom. The maximum Gasteiger partial charge on any atom is 0.344 e. The van der Waals surface area contributed by atoms with Crippen molar-refractivity contribution in [1.29, 1.82) is 0 Å². The van der Waals surface area contributed by atoms with Gasteiger partial charge in [-0.15, -0.1) is 0 Å². The molecule has 0 fully saturated rings.